The number of β-amino-alcohol motifs (C(OH)–C–C–N with tert-alkyl or cyclic N) is 1. The highest BCUT2D eigenvalue weighted by atomic mass is 16.5. The number of nitrogens with one attached hydrogen (secondary N) is 1. The quantitative estimate of drug-likeness (QED) is 0.636. The van der Waals surface area contributed by atoms with E-state index in [1.54, 1.807) is 11.0 Å². The van der Waals surface area contributed by atoms with Gasteiger partial charge in [0.2, 0.25) is 0 Å². The van der Waals surface area contributed by atoms with Gasteiger partial charge in [0.25, 0.3) is 5.91 Å². The Hall–Kier alpha value is -2.61. The van der Waals surface area contributed by atoms with Crippen LogP contribution in [0, 0.1) is 0 Å². The first-order chi connectivity index (χ1) is 17.1. The molecule has 0 unspecified atom stereocenters. The van der Waals surface area contributed by atoms with Crippen LogP contribution in [0.5, 0.6) is 11.5 Å². The number of carbonyl (C=O) groups is 1. The van der Waals surface area contributed by atoms with Gasteiger partial charge < -0.3 is 24.8 Å². The number of aliphatic hydroxyl groups is 1. The summed E-state index contributed by atoms with van der Waals surface area (Å²) in [6.07, 6.45) is 4.86. The normalized spacial score (nSPS) is 23.6. The lowest BCUT2D eigenvalue weighted by Gasteiger charge is -2.32. The van der Waals surface area contributed by atoms with E-state index in [-0.39, 0.29) is 12.0 Å². The Morgan fingerprint density at radius 2 is 1.89 bits per heavy atom. The van der Waals surface area contributed by atoms with Gasteiger partial charge in [0, 0.05) is 38.3 Å². The van der Waals surface area contributed by atoms with Crippen LogP contribution in [0.4, 0.5) is 0 Å². The van der Waals surface area contributed by atoms with Crippen LogP contribution in [0.3, 0.4) is 0 Å². The number of ether oxygens (including phenoxy) is 2. The first kappa shape index (κ1) is 24.1. The largest absolute Gasteiger partial charge is 0.491 e. The minimum absolute atomic E-state index is 0.0957. The summed E-state index contributed by atoms with van der Waals surface area (Å²) in [5.41, 5.74) is 3.25. The maximum absolute atomic E-state index is 13.3. The van der Waals surface area contributed by atoms with Crippen LogP contribution in [0.15, 0.2) is 42.5 Å². The van der Waals surface area contributed by atoms with Crippen LogP contribution < -0.4 is 14.8 Å². The van der Waals surface area contributed by atoms with Crippen molar-refractivity contribution in [2.75, 3.05) is 39.8 Å². The summed E-state index contributed by atoms with van der Waals surface area (Å²) in [6, 6.07) is 14.6. The summed E-state index contributed by atoms with van der Waals surface area (Å²) in [6.45, 7) is 3.47. The number of carbonyl (C=O) groups excluding carboxylic acids is 1. The molecular formula is C28H37N3O4. The monoisotopic (exact) mass is 479 g/mol. The highest BCUT2D eigenvalue weighted by Crippen LogP contribution is 2.31. The highest BCUT2D eigenvalue weighted by Gasteiger charge is 2.28. The molecule has 0 aromatic heterocycles. The molecule has 7 heteroatoms. The second-order valence-electron chi connectivity index (χ2n) is 10.0. The lowest BCUT2D eigenvalue weighted by molar-refractivity contribution is 0.0501. The summed E-state index contributed by atoms with van der Waals surface area (Å²) in [4.78, 5) is 17.3. The second-order valence-corrected chi connectivity index (χ2v) is 10.0. The predicted octanol–water partition coefficient (Wildman–Crippen LogP) is 2.85. The number of fused-ring (bicyclic) bond motifs is 2. The van der Waals surface area contributed by atoms with Gasteiger partial charge in [0.15, 0.2) is 0 Å². The minimum atomic E-state index is -0.610. The lowest BCUT2D eigenvalue weighted by atomic mass is 9.93. The molecule has 188 valence electrons. The number of rotatable bonds is 7. The van der Waals surface area contributed by atoms with E-state index in [0.717, 1.165) is 50.9 Å². The minimum Gasteiger partial charge on any atom is -0.491 e. The van der Waals surface area contributed by atoms with E-state index in [9.17, 15) is 9.90 Å². The van der Waals surface area contributed by atoms with Gasteiger partial charge in [-0.3, -0.25) is 9.69 Å². The van der Waals surface area contributed by atoms with Gasteiger partial charge in [-0.1, -0.05) is 24.3 Å². The molecular weight excluding hydrogens is 442 g/mol. The number of hydrogen-bond donors (Lipinski definition) is 2. The van der Waals surface area contributed by atoms with Gasteiger partial charge in [0.05, 0.1) is 24.3 Å². The summed E-state index contributed by atoms with van der Waals surface area (Å²) < 4.78 is 12.2. The van der Waals surface area contributed by atoms with Crippen molar-refractivity contribution >= 4 is 5.91 Å². The molecule has 0 bridgehead atoms. The molecule has 0 radical (unpaired) electrons. The van der Waals surface area contributed by atoms with Gasteiger partial charge >= 0.3 is 0 Å². The van der Waals surface area contributed by atoms with Crippen LogP contribution in [-0.2, 0) is 13.0 Å². The van der Waals surface area contributed by atoms with Crippen molar-refractivity contribution in [3.63, 3.8) is 0 Å². The molecule has 7 nitrogen and oxygen atoms in total. The van der Waals surface area contributed by atoms with Crippen LogP contribution in [0.25, 0.3) is 0 Å². The Morgan fingerprint density at radius 1 is 1.09 bits per heavy atom. The molecule has 1 saturated carbocycles. The SMILES string of the molecule is CNC1CCC(Oc2ccc3c(c2)OCCN(C[C@H](O)CN2CCc4ccccc4C2)C3=O)CC1. The molecule has 35 heavy (non-hydrogen) atoms. The van der Waals surface area contributed by atoms with Gasteiger partial charge in [-0.2, -0.15) is 0 Å². The third kappa shape index (κ3) is 5.80. The van der Waals surface area contributed by atoms with Gasteiger partial charge in [0.1, 0.15) is 18.1 Å². The zero-order valence-corrected chi connectivity index (χ0v) is 20.6. The molecule has 1 atom stereocenters. The van der Waals surface area contributed by atoms with Crippen molar-refractivity contribution in [2.24, 2.45) is 0 Å². The molecule has 2 aromatic rings. The van der Waals surface area contributed by atoms with Gasteiger partial charge in [-0.15, -0.1) is 0 Å². The van der Waals surface area contributed by atoms with E-state index < -0.39 is 6.10 Å². The fourth-order valence-corrected chi connectivity index (χ4v) is 5.57. The number of aliphatic hydroxyl groups excluding tert-OH is 1. The van der Waals surface area contributed by atoms with Crippen molar-refractivity contribution in [2.45, 2.75) is 56.9 Å². The number of benzene rings is 2. The fraction of sp³-hybridized carbons (Fsp3) is 0.536. The topological polar surface area (TPSA) is 74.3 Å². The van der Waals surface area contributed by atoms with Crippen LogP contribution in [0.2, 0.25) is 0 Å². The smallest absolute Gasteiger partial charge is 0.257 e. The first-order valence-corrected chi connectivity index (χ1v) is 13.0. The highest BCUT2D eigenvalue weighted by molar-refractivity contribution is 5.97. The van der Waals surface area contributed by atoms with Crippen LogP contribution >= 0.6 is 0 Å². The molecule has 2 N–H and O–H groups in total. The lowest BCUT2D eigenvalue weighted by Crippen LogP contribution is -2.44. The van der Waals surface area contributed by atoms with Crippen molar-refractivity contribution < 1.29 is 19.4 Å². The zero-order chi connectivity index (χ0) is 24.2. The Balaban J connectivity index is 1.17. The fourth-order valence-electron chi connectivity index (χ4n) is 5.57. The second kappa shape index (κ2) is 11.0. The summed E-state index contributed by atoms with van der Waals surface area (Å²) in [7, 11) is 2.02. The average molecular weight is 480 g/mol. The molecule has 0 saturated heterocycles. The Bertz CT molecular complexity index is 1020. The maximum Gasteiger partial charge on any atom is 0.257 e. The Kier molecular flexibility index (Phi) is 7.56. The van der Waals surface area contributed by atoms with E-state index in [0.29, 0.717) is 43.6 Å². The zero-order valence-electron chi connectivity index (χ0n) is 20.6. The van der Waals surface area contributed by atoms with Crippen molar-refractivity contribution in [1.82, 2.24) is 15.1 Å². The third-order valence-electron chi connectivity index (χ3n) is 7.58. The van der Waals surface area contributed by atoms with Crippen molar-refractivity contribution in [3.8, 4) is 11.5 Å². The molecule has 2 heterocycles. The van der Waals surface area contributed by atoms with Crippen molar-refractivity contribution in [1.29, 1.82) is 0 Å². The predicted molar refractivity (Wildman–Crippen MR) is 135 cm³/mol. The molecule has 1 amide bonds. The molecule has 2 aliphatic heterocycles. The van der Waals surface area contributed by atoms with Gasteiger partial charge in [-0.05, 0) is 62.4 Å². The van der Waals surface area contributed by atoms with Gasteiger partial charge in [-0.25, -0.2) is 0 Å². The van der Waals surface area contributed by atoms with E-state index in [1.165, 1.54) is 11.1 Å². The van der Waals surface area contributed by atoms with Crippen LogP contribution in [0.1, 0.15) is 47.2 Å². The van der Waals surface area contributed by atoms with Crippen molar-refractivity contribution in [3.05, 3.63) is 59.2 Å². The third-order valence-corrected chi connectivity index (χ3v) is 7.58. The first-order valence-electron chi connectivity index (χ1n) is 13.0. The van der Waals surface area contributed by atoms with E-state index in [1.807, 2.05) is 19.2 Å². The Morgan fingerprint density at radius 3 is 2.69 bits per heavy atom. The number of nitrogens with zero attached hydrogens (tertiary/aromatic N) is 2. The van der Waals surface area contributed by atoms with E-state index in [2.05, 4.69) is 34.5 Å². The molecule has 5 rings (SSSR count). The molecule has 1 aliphatic carbocycles. The van der Waals surface area contributed by atoms with Crippen LogP contribution in [-0.4, -0.2) is 78.9 Å². The summed E-state index contributed by atoms with van der Waals surface area (Å²) in [5.74, 6) is 1.23. The summed E-state index contributed by atoms with van der Waals surface area (Å²) in [5, 5.41) is 14.2. The number of hydrogen-bond acceptors (Lipinski definition) is 6. The molecule has 3 aliphatic rings. The Labute approximate surface area is 208 Å². The molecule has 0 spiro atoms. The van der Waals surface area contributed by atoms with E-state index in [4.69, 9.17) is 9.47 Å². The maximum atomic E-state index is 13.3. The summed E-state index contributed by atoms with van der Waals surface area (Å²) >= 11 is 0. The van der Waals surface area contributed by atoms with E-state index >= 15 is 0 Å². The average Bonchev–Trinajstić information content (AvgIpc) is 3.02. The standard InChI is InChI=1S/C28H37N3O4/c1-29-22-6-8-24(9-7-22)35-25-10-11-26-27(16-25)34-15-14-31(28(26)33)19-23(32)18-30-13-12-20-4-2-3-5-21(20)17-30/h2-5,10-11,16,22-24,29,32H,6-9,12-15,17-19H2,1H3/t22?,23-,24?/m1/s1. The number of amides is 1. The molecule has 1 fully saturated rings. The molecule has 2 aromatic carbocycles.